The lowest BCUT2D eigenvalue weighted by Crippen LogP contribution is -2.34. The highest BCUT2D eigenvalue weighted by molar-refractivity contribution is 6.08. The van der Waals surface area contributed by atoms with Gasteiger partial charge >= 0.3 is 0 Å². The number of carbonyl (C=O) groups excluding carboxylic acids is 2. The van der Waals surface area contributed by atoms with Crippen molar-refractivity contribution in [2.45, 2.75) is 51.0 Å². The Kier molecular flexibility index (Phi) is 5.23. The lowest BCUT2D eigenvalue weighted by Gasteiger charge is -2.19. The van der Waals surface area contributed by atoms with E-state index < -0.39 is 0 Å². The number of nitrogens with one attached hydrogen (secondary N) is 1. The minimum absolute atomic E-state index is 0.0379. The molecule has 0 spiro atoms. The zero-order chi connectivity index (χ0) is 18.6. The van der Waals surface area contributed by atoms with Gasteiger partial charge in [0.25, 0.3) is 11.8 Å². The molecule has 1 heterocycles. The number of carbonyl (C=O) groups is 2. The van der Waals surface area contributed by atoms with Crippen molar-refractivity contribution >= 4 is 17.5 Å². The van der Waals surface area contributed by atoms with Crippen molar-refractivity contribution < 1.29 is 9.59 Å². The van der Waals surface area contributed by atoms with Crippen LogP contribution in [0.1, 0.15) is 64.8 Å². The second kappa shape index (κ2) is 7.95. The molecule has 2 amide bonds. The SMILES string of the molecule is O=C(NC1CCCCCC1)c1cccc(C(=O)N2CCc3ccccc32)c1. The summed E-state index contributed by atoms with van der Waals surface area (Å²) < 4.78 is 0. The molecule has 0 aromatic heterocycles. The first-order valence-corrected chi connectivity index (χ1v) is 10.0. The van der Waals surface area contributed by atoms with Gasteiger partial charge in [-0.25, -0.2) is 0 Å². The van der Waals surface area contributed by atoms with Crippen molar-refractivity contribution in [1.29, 1.82) is 0 Å². The zero-order valence-electron chi connectivity index (χ0n) is 15.6. The standard InChI is InChI=1S/C23H26N2O2/c26-22(24-20-11-3-1-2-4-12-20)18-9-7-10-19(16-18)23(27)25-15-14-17-8-5-6-13-21(17)25/h5-10,13,16,20H,1-4,11-12,14-15H2,(H,24,26). The smallest absolute Gasteiger partial charge is 0.258 e. The average molecular weight is 362 g/mol. The Morgan fingerprint density at radius 3 is 2.44 bits per heavy atom. The Morgan fingerprint density at radius 2 is 1.63 bits per heavy atom. The fraction of sp³-hybridized carbons (Fsp3) is 0.391. The number of hydrogen-bond acceptors (Lipinski definition) is 2. The van der Waals surface area contributed by atoms with E-state index in [-0.39, 0.29) is 17.9 Å². The van der Waals surface area contributed by atoms with E-state index in [2.05, 4.69) is 11.4 Å². The molecular formula is C23H26N2O2. The van der Waals surface area contributed by atoms with Gasteiger partial charge in [0.1, 0.15) is 0 Å². The molecule has 0 radical (unpaired) electrons. The Hall–Kier alpha value is -2.62. The molecule has 0 saturated heterocycles. The van der Waals surface area contributed by atoms with Gasteiger partial charge in [0, 0.05) is 29.4 Å². The van der Waals surface area contributed by atoms with E-state index in [9.17, 15) is 9.59 Å². The third-order valence-electron chi connectivity index (χ3n) is 5.69. The summed E-state index contributed by atoms with van der Waals surface area (Å²) in [5, 5.41) is 3.16. The molecule has 1 aliphatic carbocycles. The van der Waals surface area contributed by atoms with E-state index in [0.717, 1.165) is 24.9 Å². The summed E-state index contributed by atoms with van der Waals surface area (Å²) in [6, 6.07) is 15.4. The van der Waals surface area contributed by atoms with Gasteiger partial charge in [-0.1, -0.05) is 49.9 Å². The van der Waals surface area contributed by atoms with E-state index in [1.54, 1.807) is 24.3 Å². The molecule has 2 aromatic rings. The second-order valence-corrected chi connectivity index (χ2v) is 7.58. The third-order valence-corrected chi connectivity index (χ3v) is 5.69. The van der Waals surface area contributed by atoms with Crippen LogP contribution in [-0.4, -0.2) is 24.4 Å². The highest BCUT2D eigenvalue weighted by Crippen LogP contribution is 2.29. The number of amides is 2. The monoisotopic (exact) mass is 362 g/mol. The Bertz CT molecular complexity index is 838. The first-order chi connectivity index (χ1) is 13.2. The molecule has 27 heavy (non-hydrogen) atoms. The molecule has 1 aliphatic heterocycles. The van der Waals surface area contributed by atoms with Crippen LogP contribution in [0.3, 0.4) is 0 Å². The molecule has 0 bridgehead atoms. The molecular weight excluding hydrogens is 336 g/mol. The lowest BCUT2D eigenvalue weighted by atomic mass is 10.1. The van der Waals surface area contributed by atoms with E-state index >= 15 is 0 Å². The van der Waals surface area contributed by atoms with Crippen LogP contribution in [0.15, 0.2) is 48.5 Å². The van der Waals surface area contributed by atoms with Crippen molar-refractivity contribution in [3.05, 3.63) is 65.2 Å². The topological polar surface area (TPSA) is 49.4 Å². The second-order valence-electron chi connectivity index (χ2n) is 7.58. The quantitative estimate of drug-likeness (QED) is 0.826. The summed E-state index contributed by atoms with van der Waals surface area (Å²) in [7, 11) is 0. The molecule has 1 N–H and O–H groups in total. The van der Waals surface area contributed by atoms with Crippen LogP contribution in [0.25, 0.3) is 0 Å². The molecule has 0 atom stereocenters. The number of para-hydroxylation sites is 1. The van der Waals surface area contributed by atoms with E-state index in [1.807, 2.05) is 23.1 Å². The van der Waals surface area contributed by atoms with Gasteiger partial charge in [-0.05, 0) is 49.1 Å². The predicted molar refractivity (Wildman–Crippen MR) is 107 cm³/mol. The number of fused-ring (bicyclic) bond motifs is 1. The molecule has 4 rings (SSSR count). The summed E-state index contributed by atoms with van der Waals surface area (Å²) in [5.74, 6) is -0.109. The summed E-state index contributed by atoms with van der Waals surface area (Å²) >= 11 is 0. The van der Waals surface area contributed by atoms with Crippen LogP contribution in [-0.2, 0) is 6.42 Å². The molecule has 4 heteroatoms. The van der Waals surface area contributed by atoms with Crippen LogP contribution in [0, 0.1) is 0 Å². The van der Waals surface area contributed by atoms with Crippen LogP contribution in [0.2, 0.25) is 0 Å². The van der Waals surface area contributed by atoms with Gasteiger partial charge in [0.05, 0.1) is 0 Å². The lowest BCUT2D eigenvalue weighted by molar-refractivity contribution is 0.0933. The van der Waals surface area contributed by atoms with E-state index in [4.69, 9.17) is 0 Å². The minimum Gasteiger partial charge on any atom is -0.349 e. The summed E-state index contributed by atoms with van der Waals surface area (Å²) in [6.07, 6.45) is 7.85. The van der Waals surface area contributed by atoms with Crippen LogP contribution >= 0.6 is 0 Å². The Balaban J connectivity index is 1.49. The highest BCUT2D eigenvalue weighted by Gasteiger charge is 2.25. The summed E-state index contributed by atoms with van der Waals surface area (Å²) in [5.41, 5.74) is 3.32. The van der Waals surface area contributed by atoms with Crippen molar-refractivity contribution in [2.75, 3.05) is 11.4 Å². The number of anilines is 1. The molecule has 2 aromatic carbocycles. The third kappa shape index (κ3) is 3.90. The first-order valence-electron chi connectivity index (χ1n) is 10.0. The number of benzene rings is 2. The van der Waals surface area contributed by atoms with Crippen LogP contribution in [0.4, 0.5) is 5.69 Å². The normalized spacial score (nSPS) is 17.3. The maximum atomic E-state index is 13.0. The highest BCUT2D eigenvalue weighted by atomic mass is 16.2. The number of rotatable bonds is 3. The molecule has 4 nitrogen and oxygen atoms in total. The fourth-order valence-electron chi connectivity index (χ4n) is 4.19. The van der Waals surface area contributed by atoms with Crippen molar-refractivity contribution in [3.63, 3.8) is 0 Å². The average Bonchev–Trinajstić information content (AvgIpc) is 2.97. The minimum atomic E-state index is -0.0710. The number of hydrogen-bond donors (Lipinski definition) is 1. The van der Waals surface area contributed by atoms with Gasteiger partial charge in [-0.15, -0.1) is 0 Å². The maximum absolute atomic E-state index is 13.0. The summed E-state index contributed by atoms with van der Waals surface area (Å²) in [6.45, 7) is 0.691. The Morgan fingerprint density at radius 1 is 0.889 bits per heavy atom. The molecule has 1 fully saturated rings. The van der Waals surface area contributed by atoms with Crippen molar-refractivity contribution in [3.8, 4) is 0 Å². The molecule has 140 valence electrons. The van der Waals surface area contributed by atoms with Crippen molar-refractivity contribution in [1.82, 2.24) is 5.32 Å². The van der Waals surface area contributed by atoms with Crippen LogP contribution in [0.5, 0.6) is 0 Å². The summed E-state index contributed by atoms with van der Waals surface area (Å²) in [4.78, 5) is 27.5. The van der Waals surface area contributed by atoms with Gasteiger partial charge in [0.2, 0.25) is 0 Å². The van der Waals surface area contributed by atoms with Gasteiger partial charge in [-0.2, -0.15) is 0 Å². The van der Waals surface area contributed by atoms with Gasteiger partial charge < -0.3 is 10.2 Å². The Labute approximate surface area is 160 Å². The first kappa shape index (κ1) is 17.8. The fourth-order valence-corrected chi connectivity index (χ4v) is 4.19. The van der Waals surface area contributed by atoms with E-state index in [0.29, 0.717) is 17.7 Å². The van der Waals surface area contributed by atoms with Gasteiger partial charge in [-0.3, -0.25) is 9.59 Å². The largest absolute Gasteiger partial charge is 0.349 e. The van der Waals surface area contributed by atoms with E-state index in [1.165, 1.54) is 31.2 Å². The van der Waals surface area contributed by atoms with Gasteiger partial charge in [0.15, 0.2) is 0 Å². The van der Waals surface area contributed by atoms with Crippen LogP contribution < -0.4 is 10.2 Å². The zero-order valence-corrected chi connectivity index (χ0v) is 15.6. The molecule has 2 aliphatic rings. The maximum Gasteiger partial charge on any atom is 0.258 e. The molecule has 0 unspecified atom stereocenters. The predicted octanol–water partition coefficient (Wildman–Crippen LogP) is 4.34. The van der Waals surface area contributed by atoms with Crippen molar-refractivity contribution in [2.24, 2.45) is 0 Å². The number of nitrogens with zero attached hydrogens (tertiary/aromatic N) is 1. The molecule has 1 saturated carbocycles.